The summed E-state index contributed by atoms with van der Waals surface area (Å²) in [5.74, 6) is 0.151. The molecule has 1 aliphatic rings. The molecule has 0 radical (unpaired) electrons. The summed E-state index contributed by atoms with van der Waals surface area (Å²) in [4.78, 5) is 23.2. The van der Waals surface area contributed by atoms with Gasteiger partial charge in [0.1, 0.15) is 5.60 Å². The van der Waals surface area contributed by atoms with Gasteiger partial charge >= 0.3 is 12.1 Å². The Balaban J connectivity index is 2.37. The molecule has 1 aliphatic carbocycles. The van der Waals surface area contributed by atoms with Gasteiger partial charge in [-0.25, -0.2) is 4.79 Å². The Morgan fingerprint density at radius 1 is 1.25 bits per heavy atom. The second-order valence-electron chi connectivity index (χ2n) is 6.38. The normalized spacial score (nSPS) is 23.0. The van der Waals surface area contributed by atoms with Crippen molar-refractivity contribution in [3.05, 3.63) is 0 Å². The molecular weight excluding hydrogens is 258 g/mol. The number of amides is 1. The second-order valence-corrected chi connectivity index (χ2v) is 6.38. The standard InChI is InChI=1S/C15H27NO4/c1-5-19-13(17)10-11-7-6-8-12(9-11)16-14(18)20-15(2,3)4/h11-12H,5-10H2,1-4H3,(H,16,18). The van der Waals surface area contributed by atoms with Crippen LogP contribution in [0.3, 0.4) is 0 Å². The maximum absolute atomic E-state index is 11.7. The first-order chi connectivity index (χ1) is 9.30. The molecule has 1 fully saturated rings. The molecule has 0 saturated heterocycles. The van der Waals surface area contributed by atoms with Crippen LogP contribution < -0.4 is 5.32 Å². The quantitative estimate of drug-likeness (QED) is 0.806. The van der Waals surface area contributed by atoms with Crippen molar-refractivity contribution in [1.29, 1.82) is 0 Å². The Labute approximate surface area is 121 Å². The first-order valence-corrected chi connectivity index (χ1v) is 7.45. The number of carbonyl (C=O) groups excluding carboxylic acids is 2. The first kappa shape index (κ1) is 16.8. The van der Waals surface area contributed by atoms with Crippen molar-refractivity contribution in [3.63, 3.8) is 0 Å². The zero-order chi connectivity index (χ0) is 15.2. The van der Waals surface area contributed by atoms with Crippen molar-refractivity contribution in [2.24, 2.45) is 5.92 Å². The van der Waals surface area contributed by atoms with E-state index in [1.807, 2.05) is 27.7 Å². The Bertz CT molecular complexity index is 335. The van der Waals surface area contributed by atoms with E-state index >= 15 is 0 Å². The summed E-state index contributed by atoms with van der Waals surface area (Å²) < 4.78 is 10.2. The fourth-order valence-corrected chi connectivity index (χ4v) is 2.54. The molecule has 0 bridgehead atoms. The third-order valence-corrected chi connectivity index (χ3v) is 3.26. The first-order valence-electron chi connectivity index (χ1n) is 7.45. The maximum Gasteiger partial charge on any atom is 0.407 e. The molecule has 0 aliphatic heterocycles. The van der Waals surface area contributed by atoms with Crippen LogP contribution in [0.15, 0.2) is 0 Å². The van der Waals surface area contributed by atoms with Crippen LogP contribution in [0.25, 0.3) is 0 Å². The minimum atomic E-state index is -0.483. The van der Waals surface area contributed by atoms with Crippen molar-refractivity contribution in [2.75, 3.05) is 6.61 Å². The second kappa shape index (κ2) is 7.50. The van der Waals surface area contributed by atoms with Gasteiger partial charge in [0, 0.05) is 12.5 Å². The highest BCUT2D eigenvalue weighted by molar-refractivity contribution is 5.70. The molecule has 1 amide bonds. The maximum atomic E-state index is 11.7. The van der Waals surface area contributed by atoms with Gasteiger partial charge in [-0.1, -0.05) is 6.42 Å². The molecule has 0 aromatic carbocycles. The molecule has 1 N–H and O–H groups in total. The summed E-state index contributed by atoms with van der Waals surface area (Å²) in [5.41, 5.74) is -0.483. The zero-order valence-electron chi connectivity index (χ0n) is 13.0. The van der Waals surface area contributed by atoms with Crippen LogP contribution in [0.5, 0.6) is 0 Å². The number of rotatable bonds is 4. The van der Waals surface area contributed by atoms with Gasteiger partial charge in [0.15, 0.2) is 0 Å². The van der Waals surface area contributed by atoms with Crippen LogP contribution in [0.2, 0.25) is 0 Å². The third kappa shape index (κ3) is 6.78. The lowest BCUT2D eigenvalue weighted by Crippen LogP contribution is -2.41. The summed E-state index contributed by atoms with van der Waals surface area (Å²) in [5, 5.41) is 2.90. The topological polar surface area (TPSA) is 64.6 Å². The van der Waals surface area contributed by atoms with E-state index in [0.29, 0.717) is 18.9 Å². The Kier molecular flexibility index (Phi) is 6.30. The van der Waals surface area contributed by atoms with Gasteiger partial charge in [-0.2, -0.15) is 0 Å². The van der Waals surface area contributed by atoms with E-state index in [0.717, 1.165) is 25.7 Å². The van der Waals surface area contributed by atoms with Gasteiger partial charge in [-0.05, 0) is 52.9 Å². The molecule has 2 unspecified atom stereocenters. The van der Waals surface area contributed by atoms with Crippen LogP contribution in [-0.4, -0.2) is 30.3 Å². The molecule has 5 nitrogen and oxygen atoms in total. The van der Waals surface area contributed by atoms with Crippen molar-refractivity contribution in [3.8, 4) is 0 Å². The monoisotopic (exact) mass is 285 g/mol. The van der Waals surface area contributed by atoms with Crippen LogP contribution in [0.1, 0.15) is 59.8 Å². The van der Waals surface area contributed by atoms with Crippen molar-refractivity contribution >= 4 is 12.1 Å². The van der Waals surface area contributed by atoms with Gasteiger partial charge < -0.3 is 14.8 Å². The number of nitrogens with one attached hydrogen (secondary N) is 1. The molecular formula is C15H27NO4. The molecule has 116 valence electrons. The number of carbonyl (C=O) groups is 2. The van der Waals surface area contributed by atoms with Crippen molar-refractivity contribution < 1.29 is 19.1 Å². The smallest absolute Gasteiger partial charge is 0.407 e. The van der Waals surface area contributed by atoms with E-state index in [4.69, 9.17) is 9.47 Å². The third-order valence-electron chi connectivity index (χ3n) is 3.26. The number of esters is 1. The fourth-order valence-electron chi connectivity index (χ4n) is 2.54. The zero-order valence-corrected chi connectivity index (χ0v) is 13.0. The van der Waals surface area contributed by atoms with Crippen molar-refractivity contribution in [2.45, 2.75) is 71.4 Å². The fraction of sp³-hybridized carbons (Fsp3) is 0.867. The van der Waals surface area contributed by atoms with Crippen LogP contribution in [0.4, 0.5) is 4.79 Å². The average Bonchev–Trinajstić information content (AvgIpc) is 2.26. The highest BCUT2D eigenvalue weighted by Gasteiger charge is 2.27. The number of hydrogen-bond donors (Lipinski definition) is 1. The Morgan fingerprint density at radius 3 is 2.55 bits per heavy atom. The van der Waals surface area contributed by atoms with Crippen LogP contribution in [-0.2, 0) is 14.3 Å². The van der Waals surface area contributed by atoms with Crippen LogP contribution >= 0.6 is 0 Å². The predicted octanol–water partition coefficient (Wildman–Crippen LogP) is 3.02. The highest BCUT2D eigenvalue weighted by atomic mass is 16.6. The molecule has 1 rings (SSSR count). The molecule has 0 aromatic rings. The lowest BCUT2D eigenvalue weighted by Gasteiger charge is -2.30. The van der Waals surface area contributed by atoms with E-state index in [9.17, 15) is 9.59 Å². The van der Waals surface area contributed by atoms with Gasteiger partial charge in [0.25, 0.3) is 0 Å². The summed E-state index contributed by atoms with van der Waals surface area (Å²) in [7, 11) is 0. The van der Waals surface area contributed by atoms with E-state index in [2.05, 4.69) is 5.32 Å². The SMILES string of the molecule is CCOC(=O)CC1CCCC(NC(=O)OC(C)(C)C)C1. The lowest BCUT2D eigenvalue weighted by molar-refractivity contribution is -0.144. The lowest BCUT2D eigenvalue weighted by atomic mass is 9.84. The van der Waals surface area contributed by atoms with Gasteiger partial charge in [-0.3, -0.25) is 4.79 Å². The molecule has 0 heterocycles. The molecule has 1 saturated carbocycles. The van der Waals surface area contributed by atoms with E-state index < -0.39 is 5.60 Å². The molecule has 2 atom stereocenters. The van der Waals surface area contributed by atoms with Gasteiger partial charge in [0.2, 0.25) is 0 Å². The molecule has 5 heteroatoms. The largest absolute Gasteiger partial charge is 0.466 e. The minimum absolute atomic E-state index is 0.0954. The summed E-state index contributed by atoms with van der Waals surface area (Å²) in [6.45, 7) is 7.77. The number of ether oxygens (including phenoxy) is 2. The molecule has 0 aromatic heterocycles. The highest BCUT2D eigenvalue weighted by Crippen LogP contribution is 2.27. The Morgan fingerprint density at radius 2 is 1.95 bits per heavy atom. The number of hydrogen-bond acceptors (Lipinski definition) is 4. The van der Waals surface area contributed by atoms with Gasteiger partial charge in [0.05, 0.1) is 6.61 Å². The van der Waals surface area contributed by atoms with E-state index in [1.165, 1.54) is 0 Å². The molecule has 20 heavy (non-hydrogen) atoms. The summed E-state index contributed by atoms with van der Waals surface area (Å²) >= 11 is 0. The van der Waals surface area contributed by atoms with Gasteiger partial charge in [-0.15, -0.1) is 0 Å². The van der Waals surface area contributed by atoms with E-state index in [-0.39, 0.29) is 18.1 Å². The summed E-state index contributed by atoms with van der Waals surface area (Å²) in [6.07, 6.45) is 3.87. The average molecular weight is 285 g/mol. The minimum Gasteiger partial charge on any atom is -0.466 e. The molecule has 0 spiro atoms. The Hall–Kier alpha value is -1.26. The van der Waals surface area contributed by atoms with E-state index in [1.54, 1.807) is 0 Å². The van der Waals surface area contributed by atoms with Crippen molar-refractivity contribution in [1.82, 2.24) is 5.32 Å². The number of alkyl carbamates (subject to hydrolysis) is 1. The summed E-state index contributed by atoms with van der Waals surface area (Å²) in [6, 6.07) is 0.0954. The van der Waals surface area contributed by atoms with Crippen LogP contribution in [0, 0.1) is 5.92 Å². The predicted molar refractivity (Wildman–Crippen MR) is 76.4 cm³/mol.